The number of para-hydroxylation sites is 1. The first-order valence-corrected chi connectivity index (χ1v) is 8.66. The second kappa shape index (κ2) is 5.34. The molecule has 3 rings (SSSR count). The summed E-state index contributed by atoms with van der Waals surface area (Å²) in [5.74, 6) is 0. The Balaban J connectivity index is 2.14. The van der Waals surface area contributed by atoms with Gasteiger partial charge in [0.05, 0.1) is 22.6 Å². The van der Waals surface area contributed by atoms with Gasteiger partial charge in [0.15, 0.2) is 0 Å². The molecule has 1 aromatic carbocycles. The molecule has 0 bridgehead atoms. The van der Waals surface area contributed by atoms with E-state index in [0.29, 0.717) is 16.9 Å². The molecule has 2 aromatic heterocycles. The van der Waals surface area contributed by atoms with Crippen molar-refractivity contribution in [1.29, 1.82) is 0 Å². The molecule has 0 amide bonds. The van der Waals surface area contributed by atoms with E-state index in [0.717, 1.165) is 16.6 Å². The van der Waals surface area contributed by atoms with Crippen molar-refractivity contribution in [1.82, 2.24) is 14.8 Å². The first-order valence-electron chi connectivity index (χ1n) is 7.18. The van der Waals surface area contributed by atoms with Crippen molar-refractivity contribution >= 4 is 26.6 Å². The van der Waals surface area contributed by atoms with E-state index in [1.165, 1.54) is 0 Å². The molecule has 0 atom stereocenters. The summed E-state index contributed by atoms with van der Waals surface area (Å²) in [4.78, 5) is 4.46. The molecule has 0 aliphatic heterocycles. The van der Waals surface area contributed by atoms with Crippen LogP contribution in [0.15, 0.2) is 35.4 Å². The Morgan fingerprint density at radius 3 is 2.57 bits per heavy atom. The maximum Gasteiger partial charge on any atom is 0.264 e. The van der Waals surface area contributed by atoms with Gasteiger partial charge < -0.3 is 0 Å². The van der Waals surface area contributed by atoms with Crippen LogP contribution in [0.3, 0.4) is 0 Å². The standard InChI is InChI=1S/C16H18N4O2S/c1-10-8-13-6-5-7-14(16(13)17-9-10)23(21,22)19-15-11(2)18-20(4)12(15)3/h5-9,19H,1-4H3. The van der Waals surface area contributed by atoms with Gasteiger partial charge in [-0.15, -0.1) is 0 Å². The number of rotatable bonds is 3. The fourth-order valence-corrected chi connectivity index (χ4v) is 3.93. The van der Waals surface area contributed by atoms with Crippen LogP contribution < -0.4 is 4.72 Å². The number of sulfonamides is 1. The SMILES string of the molecule is Cc1cnc2c(S(=O)(=O)Nc3c(C)nn(C)c3C)cccc2c1. The molecule has 6 nitrogen and oxygen atoms in total. The van der Waals surface area contributed by atoms with Crippen molar-refractivity contribution in [3.8, 4) is 0 Å². The maximum atomic E-state index is 12.8. The Hall–Kier alpha value is -2.41. The number of hydrogen-bond donors (Lipinski definition) is 1. The van der Waals surface area contributed by atoms with E-state index < -0.39 is 10.0 Å². The van der Waals surface area contributed by atoms with Crippen molar-refractivity contribution in [3.63, 3.8) is 0 Å². The van der Waals surface area contributed by atoms with Crippen LogP contribution in [-0.4, -0.2) is 23.2 Å². The van der Waals surface area contributed by atoms with Crippen LogP contribution in [-0.2, 0) is 17.1 Å². The molecule has 2 heterocycles. The van der Waals surface area contributed by atoms with E-state index in [4.69, 9.17) is 0 Å². The molecule has 23 heavy (non-hydrogen) atoms. The minimum atomic E-state index is -3.75. The first kappa shape index (κ1) is 15.5. The molecule has 120 valence electrons. The lowest BCUT2D eigenvalue weighted by molar-refractivity contribution is 0.602. The molecule has 0 aliphatic carbocycles. The second-order valence-corrected chi connectivity index (χ2v) is 7.27. The zero-order chi connectivity index (χ0) is 16.8. The number of anilines is 1. The van der Waals surface area contributed by atoms with Crippen LogP contribution in [0.4, 0.5) is 5.69 Å². The number of aryl methyl sites for hydroxylation is 3. The Morgan fingerprint density at radius 1 is 1.17 bits per heavy atom. The van der Waals surface area contributed by atoms with Gasteiger partial charge in [0.25, 0.3) is 10.0 Å². The lowest BCUT2D eigenvalue weighted by Crippen LogP contribution is -2.15. The van der Waals surface area contributed by atoms with E-state index in [-0.39, 0.29) is 4.90 Å². The predicted octanol–water partition coefficient (Wildman–Crippen LogP) is 2.69. The molecule has 0 aliphatic rings. The summed E-state index contributed by atoms with van der Waals surface area (Å²) in [5, 5.41) is 5.04. The first-order chi connectivity index (χ1) is 10.8. The van der Waals surface area contributed by atoms with Crippen molar-refractivity contribution in [3.05, 3.63) is 47.4 Å². The summed E-state index contributed by atoms with van der Waals surface area (Å²) in [5.41, 5.74) is 3.35. The highest BCUT2D eigenvalue weighted by Crippen LogP contribution is 2.26. The number of nitrogens with zero attached hydrogens (tertiary/aromatic N) is 3. The van der Waals surface area contributed by atoms with Gasteiger partial charge in [0, 0.05) is 18.6 Å². The summed E-state index contributed by atoms with van der Waals surface area (Å²) in [6, 6.07) is 7.06. The van der Waals surface area contributed by atoms with Crippen molar-refractivity contribution in [2.45, 2.75) is 25.7 Å². The fourth-order valence-electron chi connectivity index (χ4n) is 2.57. The maximum absolute atomic E-state index is 12.8. The van der Waals surface area contributed by atoms with Gasteiger partial charge in [0.1, 0.15) is 4.90 Å². The Bertz CT molecular complexity index is 1010. The van der Waals surface area contributed by atoms with Crippen LogP contribution in [0.5, 0.6) is 0 Å². The fraction of sp³-hybridized carbons (Fsp3) is 0.250. The van der Waals surface area contributed by atoms with E-state index >= 15 is 0 Å². The highest BCUT2D eigenvalue weighted by atomic mass is 32.2. The van der Waals surface area contributed by atoms with E-state index in [1.54, 1.807) is 37.0 Å². The highest BCUT2D eigenvalue weighted by Gasteiger charge is 2.22. The third kappa shape index (κ3) is 2.68. The lowest BCUT2D eigenvalue weighted by Gasteiger charge is -2.10. The van der Waals surface area contributed by atoms with Crippen LogP contribution in [0.25, 0.3) is 10.9 Å². The third-order valence-corrected chi connectivity index (χ3v) is 5.23. The third-order valence-electron chi connectivity index (χ3n) is 3.85. The number of nitrogens with one attached hydrogen (secondary N) is 1. The van der Waals surface area contributed by atoms with Crippen molar-refractivity contribution < 1.29 is 8.42 Å². The molecule has 0 saturated heterocycles. The van der Waals surface area contributed by atoms with Crippen LogP contribution >= 0.6 is 0 Å². The minimum Gasteiger partial charge on any atom is -0.276 e. The molecule has 3 aromatic rings. The average Bonchev–Trinajstić information content (AvgIpc) is 2.72. The zero-order valence-electron chi connectivity index (χ0n) is 13.5. The Morgan fingerprint density at radius 2 is 1.91 bits per heavy atom. The molecule has 0 fully saturated rings. The van der Waals surface area contributed by atoms with E-state index in [9.17, 15) is 8.42 Å². The van der Waals surface area contributed by atoms with Gasteiger partial charge in [-0.25, -0.2) is 8.42 Å². The smallest absolute Gasteiger partial charge is 0.264 e. The van der Waals surface area contributed by atoms with Gasteiger partial charge in [-0.1, -0.05) is 12.1 Å². The van der Waals surface area contributed by atoms with Gasteiger partial charge >= 0.3 is 0 Å². The van der Waals surface area contributed by atoms with Crippen LogP contribution in [0, 0.1) is 20.8 Å². The summed E-state index contributed by atoms with van der Waals surface area (Å²) >= 11 is 0. The van der Waals surface area contributed by atoms with E-state index in [1.807, 2.05) is 26.0 Å². The molecule has 0 unspecified atom stereocenters. The van der Waals surface area contributed by atoms with E-state index in [2.05, 4.69) is 14.8 Å². The van der Waals surface area contributed by atoms with Gasteiger partial charge in [-0.3, -0.25) is 14.4 Å². The number of aromatic nitrogens is 3. The minimum absolute atomic E-state index is 0.164. The molecular weight excluding hydrogens is 312 g/mol. The topological polar surface area (TPSA) is 76.9 Å². The quantitative estimate of drug-likeness (QED) is 0.801. The Labute approximate surface area is 135 Å². The largest absolute Gasteiger partial charge is 0.276 e. The monoisotopic (exact) mass is 330 g/mol. The lowest BCUT2D eigenvalue weighted by atomic mass is 10.2. The number of fused-ring (bicyclic) bond motifs is 1. The average molecular weight is 330 g/mol. The normalized spacial score (nSPS) is 11.8. The predicted molar refractivity (Wildman–Crippen MR) is 90.0 cm³/mol. The summed E-state index contributed by atoms with van der Waals surface area (Å²) in [6.45, 7) is 5.52. The Kier molecular flexibility index (Phi) is 3.60. The van der Waals surface area contributed by atoms with Gasteiger partial charge in [-0.2, -0.15) is 5.10 Å². The molecule has 0 spiro atoms. The van der Waals surface area contributed by atoms with Crippen LogP contribution in [0.2, 0.25) is 0 Å². The molecular formula is C16H18N4O2S. The van der Waals surface area contributed by atoms with Gasteiger partial charge in [0.2, 0.25) is 0 Å². The second-order valence-electron chi connectivity index (χ2n) is 5.62. The summed E-state index contributed by atoms with van der Waals surface area (Å²) < 4.78 is 30.0. The van der Waals surface area contributed by atoms with Gasteiger partial charge in [-0.05, 0) is 38.5 Å². The zero-order valence-corrected chi connectivity index (χ0v) is 14.3. The number of hydrogen-bond acceptors (Lipinski definition) is 4. The number of pyridine rings is 1. The van der Waals surface area contributed by atoms with Crippen molar-refractivity contribution in [2.24, 2.45) is 7.05 Å². The summed E-state index contributed by atoms with van der Waals surface area (Å²) in [6.07, 6.45) is 1.67. The molecule has 1 N–H and O–H groups in total. The highest BCUT2D eigenvalue weighted by molar-refractivity contribution is 7.93. The molecule has 0 saturated carbocycles. The molecule has 7 heteroatoms. The summed E-state index contributed by atoms with van der Waals surface area (Å²) in [7, 11) is -1.97. The van der Waals surface area contributed by atoms with Crippen LogP contribution in [0.1, 0.15) is 17.0 Å². The van der Waals surface area contributed by atoms with Crippen molar-refractivity contribution in [2.75, 3.05) is 4.72 Å². The molecule has 0 radical (unpaired) electrons. The number of benzene rings is 1.